The second-order valence-electron chi connectivity index (χ2n) is 8.26. The van der Waals surface area contributed by atoms with Crippen LogP contribution in [-0.4, -0.2) is 32.8 Å². The van der Waals surface area contributed by atoms with Crippen LogP contribution in [0.4, 0.5) is 0 Å². The number of carboxylic acids is 1. The van der Waals surface area contributed by atoms with E-state index < -0.39 is 17.4 Å². The maximum atomic E-state index is 12.7. The number of nitrogens with one attached hydrogen (secondary N) is 1. The molecule has 1 amide bonds. The van der Waals surface area contributed by atoms with Crippen LogP contribution in [0, 0.1) is 12.3 Å². The Balaban J connectivity index is 1.89. The number of carbonyl (C=O) groups excluding carboxylic acids is 1. The smallest absolute Gasteiger partial charge is 0.326 e. The lowest BCUT2D eigenvalue weighted by atomic mass is 9.87. The topological polar surface area (TPSA) is 84.2 Å². The summed E-state index contributed by atoms with van der Waals surface area (Å²) >= 11 is 1.41. The third-order valence-corrected chi connectivity index (χ3v) is 6.22. The van der Waals surface area contributed by atoms with Gasteiger partial charge in [0, 0.05) is 5.39 Å². The largest absolute Gasteiger partial charge is 0.480 e. The van der Waals surface area contributed by atoms with E-state index in [9.17, 15) is 14.7 Å². The first-order valence-electron chi connectivity index (χ1n) is 9.21. The SMILES string of the molecule is Cc1nn(C2CCCCC2)c2sc(C(=O)NC(C(=O)O)C(C)(C)C)cc12. The number of fused-ring (bicyclic) bond motifs is 1. The van der Waals surface area contributed by atoms with Crippen molar-refractivity contribution >= 4 is 33.4 Å². The average Bonchev–Trinajstić information content (AvgIpc) is 3.13. The highest BCUT2D eigenvalue weighted by Gasteiger charge is 2.33. The number of nitrogens with zero attached hydrogens (tertiary/aromatic N) is 2. The number of hydrogen-bond donors (Lipinski definition) is 2. The van der Waals surface area contributed by atoms with E-state index in [-0.39, 0.29) is 5.91 Å². The number of aromatic nitrogens is 2. The number of hydrogen-bond acceptors (Lipinski definition) is 4. The normalized spacial score (nSPS) is 17.4. The summed E-state index contributed by atoms with van der Waals surface area (Å²) in [7, 11) is 0. The quantitative estimate of drug-likeness (QED) is 0.839. The summed E-state index contributed by atoms with van der Waals surface area (Å²) in [6, 6.07) is 1.31. The minimum atomic E-state index is -1.02. The lowest BCUT2D eigenvalue weighted by Crippen LogP contribution is -2.48. The molecule has 0 bridgehead atoms. The van der Waals surface area contributed by atoms with Gasteiger partial charge in [-0.1, -0.05) is 40.0 Å². The van der Waals surface area contributed by atoms with Gasteiger partial charge in [-0.3, -0.25) is 9.48 Å². The van der Waals surface area contributed by atoms with Crippen molar-refractivity contribution in [3.63, 3.8) is 0 Å². The molecule has 2 N–H and O–H groups in total. The summed E-state index contributed by atoms with van der Waals surface area (Å²) in [6.07, 6.45) is 5.97. The predicted molar refractivity (Wildman–Crippen MR) is 103 cm³/mol. The van der Waals surface area contributed by atoms with Gasteiger partial charge >= 0.3 is 5.97 Å². The summed E-state index contributed by atoms with van der Waals surface area (Å²) in [6.45, 7) is 7.39. The molecular weight excluding hydrogens is 350 g/mol. The van der Waals surface area contributed by atoms with Crippen molar-refractivity contribution in [3.05, 3.63) is 16.6 Å². The highest BCUT2D eigenvalue weighted by molar-refractivity contribution is 7.20. The zero-order valence-corrected chi connectivity index (χ0v) is 16.7. The van der Waals surface area contributed by atoms with Crippen LogP contribution >= 0.6 is 11.3 Å². The molecule has 6 nitrogen and oxygen atoms in total. The van der Waals surface area contributed by atoms with E-state index in [2.05, 4.69) is 10.00 Å². The van der Waals surface area contributed by atoms with E-state index in [4.69, 9.17) is 5.10 Å². The fraction of sp³-hybridized carbons (Fsp3) is 0.632. The molecule has 142 valence electrons. The van der Waals surface area contributed by atoms with Crippen molar-refractivity contribution in [2.24, 2.45) is 5.41 Å². The molecule has 0 aliphatic heterocycles. The molecule has 1 fully saturated rings. The molecule has 3 rings (SSSR count). The summed E-state index contributed by atoms with van der Waals surface area (Å²) in [4.78, 5) is 25.8. The second-order valence-corrected chi connectivity index (χ2v) is 9.29. The van der Waals surface area contributed by atoms with Gasteiger partial charge < -0.3 is 10.4 Å². The lowest BCUT2D eigenvalue weighted by Gasteiger charge is -2.27. The van der Waals surface area contributed by atoms with Gasteiger partial charge in [0.1, 0.15) is 10.9 Å². The van der Waals surface area contributed by atoms with E-state index in [1.807, 2.05) is 33.8 Å². The molecule has 1 saturated carbocycles. The van der Waals surface area contributed by atoms with Gasteiger partial charge in [0.15, 0.2) is 0 Å². The van der Waals surface area contributed by atoms with Gasteiger partial charge in [-0.25, -0.2) is 4.79 Å². The Labute approximate surface area is 157 Å². The van der Waals surface area contributed by atoms with Gasteiger partial charge in [0.25, 0.3) is 5.91 Å². The molecule has 2 aromatic heterocycles. The van der Waals surface area contributed by atoms with Crippen molar-refractivity contribution in [2.75, 3.05) is 0 Å². The molecule has 26 heavy (non-hydrogen) atoms. The molecular formula is C19H27N3O3S. The first-order chi connectivity index (χ1) is 12.2. The standard InChI is InChI=1S/C19H27N3O3S/c1-11-13-10-14(16(23)20-15(18(24)25)19(2,3)4)26-17(13)22(21-11)12-8-6-5-7-9-12/h10,12,15H,5-9H2,1-4H3,(H,20,23)(H,24,25). The van der Waals surface area contributed by atoms with Crippen LogP contribution in [0.2, 0.25) is 0 Å². The zero-order valence-electron chi connectivity index (χ0n) is 15.8. The first-order valence-corrected chi connectivity index (χ1v) is 10.0. The summed E-state index contributed by atoms with van der Waals surface area (Å²) in [5, 5.41) is 17.8. The molecule has 7 heteroatoms. The number of aliphatic carboxylic acids is 1. The Morgan fingerprint density at radius 2 is 1.96 bits per heavy atom. The molecule has 0 radical (unpaired) electrons. The number of carboxylic acid groups (broad SMARTS) is 1. The van der Waals surface area contributed by atoms with E-state index in [1.165, 1.54) is 30.6 Å². The van der Waals surface area contributed by atoms with E-state index in [0.29, 0.717) is 10.9 Å². The molecule has 0 saturated heterocycles. The predicted octanol–water partition coefficient (Wildman–Crippen LogP) is 4.14. The Morgan fingerprint density at radius 1 is 1.31 bits per heavy atom. The summed E-state index contributed by atoms with van der Waals surface area (Å²) < 4.78 is 2.09. The first kappa shape index (κ1) is 18.9. The van der Waals surface area contributed by atoms with Crippen LogP contribution in [0.3, 0.4) is 0 Å². The molecule has 1 aliphatic carbocycles. The second kappa shape index (κ2) is 7.02. The number of rotatable bonds is 4. The molecule has 2 heterocycles. The minimum Gasteiger partial charge on any atom is -0.480 e. The molecule has 0 aromatic carbocycles. The fourth-order valence-electron chi connectivity index (χ4n) is 3.61. The monoisotopic (exact) mass is 377 g/mol. The number of thiophene rings is 1. The minimum absolute atomic E-state index is 0.330. The zero-order chi connectivity index (χ0) is 19.1. The third kappa shape index (κ3) is 3.63. The van der Waals surface area contributed by atoms with Crippen LogP contribution < -0.4 is 5.32 Å². The maximum absolute atomic E-state index is 12.7. The summed E-state index contributed by atoms with van der Waals surface area (Å²) in [5.41, 5.74) is 0.360. The maximum Gasteiger partial charge on any atom is 0.326 e. The van der Waals surface area contributed by atoms with Crippen molar-refractivity contribution in [2.45, 2.75) is 71.9 Å². The van der Waals surface area contributed by atoms with Gasteiger partial charge in [0.05, 0.1) is 16.6 Å². The van der Waals surface area contributed by atoms with Gasteiger partial charge in [-0.2, -0.15) is 5.10 Å². The van der Waals surface area contributed by atoms with Gasteiger partial charge in [-0.15, -0.1) is 11.3 Å². The van der Waals surface area contributed by atoms with Crippen LogP contribution in [0.1, 0.15) is 74.3 Å². The van der Waals surface area contributed by atoms with Crippen molar-refractivity contribution < 1.29 is 14.7 Å². The Morgan fingerprint density at radius 3 is 2.54 bits per heavy atom. The van der Waals surface area contributed by atoms with Crippen LogP contribution in [0.25, 0.3) is 10.2 Å². The lowest BCUT2D eigenvalue weighted by molar-refractivity contribution is -0.142. The molecule has 1 unspecified atom stereocenters. The highest BCUT2D eigenvalue weighted by atomic mass is 32.1. The number of amides is 1. The fourth-order valence-corrected chi connectivity index (χ4v) is 4.74. The van der Waals surface area contributed by atoms with Gasteiger partial charge in [-0.05, 0) is 31.2 Å². The van der Waals surface area contributed by atoms with E-state index in [1.54, 1.807) is 0 Å². The van der Waals surface area contributed by atoms with Crippen molar-refractivity contribution in [3.8, 4) is 0 Å². The molecule has 1 aliphatic rings. The van der Waals surface area contributed by atoms with Crippen LogP contribution in [0.15, 0.2) is 6.07 Å². The Bertz CT molecular complexity index is 825. The molecule has 0 spiro atoms. The Hall–Kier alpha value is -1.89. The number of aryl methyl sites for hydroxylation is 1. The molecule has 1 atom stereocenters. The Kier molecular flexibility index (Phi) is 5.10. The van der Waals surface area contributed by atoms with Crippen LogP contribution in [0.5, 0.6) is 0 Å². The van der Waals surface area contributed by atoms with E-state index in [0.717, 1.165) is 28.8 Å². The van der Waals surface area contributed by atoms with Crippen molar-refractivity contribution in [1.29, 1.82) is 0 Å². The molecule has 2 aromatic rings. The third-order valence-electron chi connectivity index (χ3n) is 5.10. The average molecular weight is 378 g/mol. The van der Waals surface area contributed by atoms with Crippen molar-refractivity contribution in [1.82, 2.24) is 15.1 Å². The van der Waals surface area contributed by atoms with E-state index >= 15 is 0 Å². The summed E-state index contributed by atoms with van der Waals surface area (Å²) in [5.74, 6) is -1.35. The van der Waals surface area contributed by atoms with Crippen LogP contribution in [-0.2, 0) is 4.79 Å². The number of carbonyl (C=O) groups is 2. The highest BCUT2D eigenvalue weighted by Crippen LogP contribution is 2.35. The van der Waals surface area contributed by atoms with Gasteiger partial charge in [0.2, 0.25) is 0 Å².